The molecule has 1 saturated carbocycles. The van der Waals surface area contributed by atoms with Crippen molar-refractivity contribution in [3.63, 3.8) is 0 Å². The number of amides is 3. The van der Waals surface area contributed by atoms with Crippen LogP contribution in [0.4, 0.5) is 13.2 Å². The van der Waals surface area contributed by atoms with Gasteiger partial charge in [-0.2, -0.15) is 13.2 Å². The molecule has 1 aromatic heterocycles. The maximum Gasteiger partial charge on any atom is 0.416 e. The largest absolute Gasteiger partial charge is 0.416 e. The molecule has 2 N–H and O–H groups in total. The Morgan fingerprint density at radius 2 is 1.70 bits per heavy atom. The van der Waals surface area contributed by atoms with Gasteiger partial charge in [-0.25, -0.2) is 0 Å². The minimum Gasteiger partial charge on any atom is -0.353 e. The first kappa shape index (κ1) is 28.1. The summed E-state index contributed by atoms with van der Waals surface area (Å²) in [5.74, 6) is -0.922. The molecule has 8 nitrogen and oxygen atoms in total. The van der Waals surface area contributed by atoms with E-state index in [-0.39, 0.29) is 48.5 Å². The lowest BCUT2D eigenvalue weighted by molar-refractivity contribution is -0.137. The molecule has 214 valence electrons. The quantitative estimate of drug-likeness (QED) is 0.546. The third-order valence-corrected chi connectivity index (χ3v) is 8.39. The molecule has 40 heavy (non-hydrogen) atoms. The normalized spacial score (nSPS) is 24.9. The highest BCUT2D eigenvalue weighted by atomic mass is 19.4. The van der Waals surface area contributed by atoms with Gasteiger partial charge in [-0.1, -0.05) is 12.1 Å². The van der Waals surface area contributed by atoms with Crippen LogP contribution < -0.4 is 10.6 Å². The van der Waals surface area contributed by atoms with Gasteiger partial charge in [-0.3, -0.25) is 24.3 Å². The van der Waals surface area contributed by atoms with E-state index >= 15 is 0 Å². The van der Waals surface area contributed by atoms with Crippen LogP contribution in [0.1, 0.15) is 60.1 Å². The number of hydrogen-bond acceptors (Lipinski definition) is 5. The van der Waals surface area contributed by atoms with Crippen LogP contribution in [-0.2, 0) is 22.2 Å². The maximum absolute atomic E-state index is 13.0. The van der Waals surface area contributed by atoms with Crippen LogP contribution in [0.15, 0.2) is 48.7 Å². The third kappa shape index (κ3) is 6.46. The highest BCUT2D eigenvalue weighted by Crippen LogP contribution is 2.36. The zero-order valence-electron chi connectivity index (χ0n) is 22.2. The second-order valence-corrected chi connectivity index (χ2v) is 10.9. The smallest absolute Gasteiger partial charge is 0.353 e. The van der Waals surface area contributed by atoms with E-state index in [9.17, 15) is 27.6 Å². The van der Waals surface area contributed by atoms with Gasteiger partial charge >= 0.3 is 6.18 Å². The summed E-state index contributed by atoms with van der Waals surface area (Å²) in [5, 5.41) is 5.65. The van der Waals surface area contributed by atoms with Crippen molar-refractivity contribution in [3.05, 3.63) is 65.5 Å². The number of nitrogens with zero attached hydrogens (tertiary/aromatic N) is 3. The molecule has 3 amide bonds. The predicted molar refractivity (Wildman–Crippen MR) is 141 cm³/mol. The van der Waals surface area contributed by atoms with Crippen molar-refractivity contribution in [3.8, 4) is 0 Å². The average Bonchev–Trinajstić information content (AvgIpc) is 3.55. The molecule has 2 unspecified atom stereocenters. The first-order valence-corrected chi connectivity index (χ1v) is 13.9. The summed E-state index contributed by atoms with van der Waals surface area (Å²) in [4.78, 5) is 46.4. The number of fused-ring (bicyclic) bond motifs is 1. The Hall–Kier alpha value is -3.47. The molecule has 2 atom stereocenters. The van der Waals surface area contributed by atoms with E-state index in [2.05, 4.69) is 20.5 Å². The number of pyridine rings is 1. The van der Waals surface area contributed by atoms with E-state index in [4.69, 9.17) is 0 Å². The lowest BCUT2D eigenvalue weighted by Crippen LogP contribution is -2.48. The van der Waals surface area contributed by atoms with Crippen molar-refractivity contribution in [2.24, 2.45) is 0 Å². The number of benzene rings is 1. The topological polar surface area (TPSA) is 94.6 Å². The molecule has 1 aliphatic carbocycles. The Kier molecular flexibility index (Phi) is 8.39. The Labute approximate surface area is 231 Å². The fraction of sp³-hybridized carbons (Fsp3) is 0.517. The van der Waals surface area contributed by atoms with Crippen LogP contribution in [0.2, 0.25) is 0 Å². The first-order chi connectivity index (χ1) is 19.2. The molecule has 0 bridgehead atoms. The van der Waals surface area contributed by atoms with Crippen molar-refractivity contribution < 1.29 is 27.6 Å². The standard InChI is InChI=1S/C29H34F3N5O3/c30-29(31,32)20-5-3-4-19(16-20)28(40)34-18-27(39)37-15-12-24-25(37)11-14-36(24)23-9-7-21(8-10-23)35-26(38)17-22-6-1-2-13-33-22/h1-6,13,16,21,23-25H,7-12,14-15,17-18H2,(H,34,40)(H,35,38). The van der Waals surface area contributed by atoms with E-state index in [1.54, 1.807) is 6.20 Å². The SMILES string of the molecule is O=C(Cc1ccccn1)NC1CCC(N2CCC3C2CCN3C(=O)CNC(=O)c2cccc(C(F)(F)F)c2)CC1. The van der Waals surface area contributed by atoms with E-state index < -0.39 is 17.6 Å². The molecule has 0 spiro atoms. The number of likely N-dealkylation sites (tertiary alicyclic amines) is 2. The maximum atomic E-state index is 13.0. The van der Waals surface area contributed by atoms with Gasteiger partial charge in [0, 0.05) is 54.7 Å². The van der Waals surface area contributed by atoms with Gasteiger partial charge in [0.15, 0.2) is 0 Å². The van der Waals surface area contributed by atoms with Gasteiger partial charge in [0.2, 0.25) is 11.8 Å². The van der Waals surface area contributed by atoms with Gasteiger partial charge in [0.1, 0.15) is 0 Å². The molecule has 1 aromatic carbocycles. The molecule has 2 aromatic rings. The van der Waals surface area contributed by atoms with E-state index in [0.717, 1.165) is 62.9 Å². The van der Waals surface area contributed by atoms with Crippen LogP contribution in [0.3, 0.4) is 0 Å². The van der Waals surface area contributed by atoms with Gasteiger partial charge < -0.3 is 15.5 Å². The number of carbonyl (C=O) groups excluding carboxylic acids is 3. The van der Waals surface area contributed by atoms with Crippen molar-refractivity contribution in [1.29, 1.82) is 0 Å². The number of nitrogens with one attached hydrogen (secondary N) is 2. The number of rotatable bonds is 7. The second kappa shape index (κ2) is 12.0. The van der Waals surface area contributed by atoms with Crippen LogP contribution >= 0.6 is 0 Å². The highest BCUT2D eigenvalue weighted by molar-refractivity contribution is 5.96. The number of carbonyl (C=O) groups is 3. The van der Waals surface area contributed by atoms with Gasteiger partial charge in [0.05, 0.1) is 18.5 Å². The monoisotopic (exact) mass is 557 g/mol. The minimum absolute atomic E-state index is 0.00604. The average molecular weight is 558 g/mol. The molecular formula is C29H34F3N5O3. The first-order valence-electron chi connectivity index (χ1n) is 13.9. The van der Waals surface area contributed by atoms with Crippen molar-refractivity contribution in [2.45, 2.75) is 75.3 Å². The molecule has 2 saturated heterocycles. The molecule has 11 heteroatoms. The van der Waals surface area contributed by atoms with Gasteiger partial charge in [-0.15, -0.1) is 0 Å². The van der Waals surface area contributed by atoms with Crippen molar-refractivity contribution >= 4 is 17.7 Å². The Morgan fingerprint density at radius 3 is 2.42 bits per heavy atom. The molecule has 0 radical (unpaired) electrons. The molecular weight excluding hydrogens is 523 g/mol. The number of aromatic nitrogens is 1. The Morgan fingerprint density at radius 1 is 0.925 bits per heavy atom. The van der Waals surface area contributed by atoms with E-state index in [1.165, 1.54) is 12.1 Å². The van der Waals surface area contributed by atoms with Crippen LogP contribution in [0, 0.1) is 0 Å². The molecule has 3 aliphatic rings. The number of halogens is 3. The van der Waals surface area contributed by atoms with E-state index in [0.29, 0.717) is 12.6 Å². The van der Waals surface area contributed by atoms with Crippen LogP contribution in [0.25, 0.3) is 0 Å². The lowest BCUT2D eigenvalue weighted by atomic mass is 9.89. The summed E-state index contributed by atoms with van der Waals surface area (Å²) in [7, 11) is 0. The Bertz CT molecular complexity index is 1220. The van der Waals surface area contributed by atoms with Crippen molar-refractivity contribution in [1.82, 2.24) is 25.4 Å². The molecule has 3 heterocycles. The second-order valence-electron chi connectivity index (χ2n) is 10.9. The predicted octanol–water partition coefficient (Wildman–Crippen LogP) is 3.18. The summed E-state index contributed by atoms with van der Waals surface area (Å²) >= 11 is 0. The number of alkyl halides is 3. The molecule has 5 rings (SSSR count). The number of hydrogen-bond donors (Lipinski definition) is 2. The fourth-order valence-corrected chi connectivity index (χ4v) is 6.48. The summed E-state index contributed by atoms with van der Waals surface area (Å²) in [6, 6.07) is 10.6. The lowest BCUT2D eigenvalue weighted by Gasteiger charge is -2.37. The fourth-order valence-electron chi connectivity index (χ4n) is 6.48. The molecule has 3 fully saturated rings. The summed E-state index contributed by atoms with van der Waals surface area (Å²) in [5.41, 5.74) is -0.273. The van der Waals surface area contributed by atoms with Crippen molar-refractivity contribution in [2.75, 3.05) is 19.6 Å². The zero-order chi connectivity index (χ0) is 28.3. The van der Waals surface area contributed by atoms with Crippen LogP contribution in [-0.4, -0.2) is 76.3 Å². The highest BCUT2D eigenvalue weighted by Gasteiger charge is 2.46. The van der Waals surface area contributed by atoms with Gasteiger partial charge in [0.25, 0.3) is 5.91 Å². The van der Waals surface area contributed by atoms with Crippen LogP contribution in [0.5, 0.6) is 0 Å². The minimum atomic E-state index is -4.54. The third-order valence-electron chi connectivity index (χ3n) is 8.39. The zero-order valence-corrected chi connectivity index (χ0v) is 22.2. The summed E-state index contributed by atoms with van der Waals surface area (Å²) < 4.78 is 38.9. The molecule has 2 aliphatic heterocycles. The van der Waals surface area contributed by atoms with Gasteiger partial charge in [-0.05, 0) is 68.9 Å². The Balaban J connectivity index is 1.07. The summed E-state index contributed by atoms with van der Waals surface area (Å²) in [6.07, 6.45) is 2.94. The van der Waals surface area contributed by atoms with E-state index in [1.807, 2.05) is 23.1 Å². The summed E-state index contributed by atoms with van der Waals surface area (Å²) in [6.45, 7) is 1.25.